The predicted octanol–water partition coefficient (Wildman–Crippen LogP) is 1.49. The minimum atomic E-state index is -0.502. The van der Waals surface area contributed by atoms with E-state index in [1.54, 1.807) is 0 Å². The zero-order valence-electron chi connectivity index (χ0n) is 14.4. The molecular formula is C18H29N3O2. The molecule has 1 unspecified atom stereocenters. The van der Waals surface area contributed by atoms with Crippen LogP contribution in [-0.4, -0.2) is 37.5 Å². The van der Waals surface area contributed by atoms with Crippen molar-refractivity contribution in [2.24, 2.45) is 5.92 Å². The van der Waals surface area contributed by atoms with Crippen LogP contribution < -0.4 is 16.0 Å². The average molecular weight is 319 g/mol. The molecule has 5 heteroatoms. The molecule has 1 rings (SSSR count). The van der Waals surface area contributed by atoms with E-state index in [-0.39, 0.29) is 24.2 Å². The van der Waals surface area contributed by atoms with Crippen molar-refractivity contribution in [1.82, 2.24) is 16.0 Å². The molecule has 0 aliphatic carbocycles. The second kappa shape index (κ2) is 10.8. The van der Waals surface area contributed by atoms with E-state index in [1.807, 2.05) is 44.2 Å². The molecule has 0 aromatic heterocycles. The summed E-state index contributed by atoms with van der Waals surface area (Å²) in [7, 11) is 0. The molecule has 0 saturated carbocycles. The van der Waals surface area contributed by atoms with Crippen molar-refractivity contribution in [3.63, 3.8) is 0 Å². The summed E-state index contributed by atoms with van der Waals surface area (Å²) >= 11 is 0. The van der Waals surface area contributed by atoms with Gasteiger partial charge in [0.25, 0.3) is 0 Å². The Balaban J connectivity index is 2.44. The summed E-state index contributed by atoms with van der Waals surface area (Å²) in [6.45, 7) is 8.21. The van der Waals surface area contributed by atoms with Crippen LogP contribution in [0.5, 0.6) is 0 Å². The molecule has 0 fully saturated rings. The fourth-order valence-corrected chi connectivity index (χ4v) is 2.23. The van der Waals surface area contributed by atoms with E-state index in [0.29, 0.717) is 6.54 Å². The standard InChI is InChI=1S/C18H29N3O2/c1-4-10-19-11-12-20-18(23)17(14(2)3)21-16(22)13-15-8-6-5-7-9-15/h5-9,14,17,19H,4,10-13H2,1-3H3,(H,20,23)(H,21,22). The molecule has 0 radical (unpaired) electrons. The first-order chi connectivity index (χ1) is 11.0. The summed E-state index contributed by atoms with van der Waals surface area (Å²) in [6, 6.07) is 9.03. The smallest absolute Gasteiger partial charge is 0.242 e. The highest BCUT2D eigenvalue weighted by Crippen LogP contribution is 2.04. The topological polar surface area (TPSA) is 70.2 Å². The Morgan fingerprint density at radius 1 is 1.04 bits per heavy atom. The predicted molar refractivity (Wildman–Crippen MR) is 93.1 cm³/mol. The van der Waals surface area contributed by atoms with Crippen molar-refractivity contribution in [2.45, 2.75) is 39.7 Å². The third-order valence-corrected chi connectivity index (χ3v) is 3.50. The minimum absolute atomic E-state index is 0.0401. The molecule has 0 aliphatic rings. The largest absolute Gasteiger partial charge is 0.353 e. The Morgan fingerprint density at radius 3 is 2.35 bits per heavy atom. The highest BCUT2D eigenvalue weighted by molar-refractivity contribution is 5.88. The van der Waals surface area contributed by atoms with Crippen LogP contribution in [0.1, 0.15) is 32.8 Å². The zero-order chi connectivity index (χ0) is 17.1. The number of carbonyl (C=O) groups is 2. The van der Waals surface area contributed by atoms with Gasteiger partial charge < -0.3 is 16.0 Å². The van der Waals surface area contributed by atoms with Gasteiger partial charge in [-0.1, -0.05) is 51.1 Å². The van der Waals surface area contributed by atoms with E-state index in [9.17, 15) is 9.59 Å². The number of carbonyl (C=O) groups excluding carboxylic acids is 2. The van der Waals surface area contributed by atoms with E-state index in [0.717, 1.165) is 25.1 Å². The summed E-state index contributed by atoms with van der Waals surface area (Å²) in [5.41, 5.74) is 0.941. The van der Waals surface area contributed by atoms with Gasteiger partial charge in [0.1, 0.15) is 6.04 Å². The molecule has 0 spiro atoms. The molecule has 1 aromatic carbocycles. The zero-order valence-corrected chi connectivity index (χ0v) is 14.4. The van der Waals surface area contributed by atoms with Gasteiger partial charge in [-0.15, -0.1) is 0 Å². The molecular weight excluding hydrogens is 290 g/mol. The van der Waals surface area contributed by atoms with Gasteiger partial charge in [-0.3, -0.25) is 9.59 Å². The molecule has 0 saturated heterocycles. The highest BCUT2D eigenvalue weighted by Gasteiger charge is 2.23. The first-order valence-corrected chi connectivity index (χ1v) is 8.36. The molecule has 1 atom stereocenters. The normalized spacial score (nSPS) is 12.0. The van der Waals surface area contributed by atoms with Gasteiger partial charge in [0.2, 0.25) is 11.8 Å². The van der Waals surface area contributed by atoms with Crippen LogP contribution in [0.25, 0.3) is 0 Å². The number of amides is 2. The van der Waals surface area contributed by atoms with Crippen LogP contribution in [0.15, 0.2) is 30.3 Å². The highest BCUT2D eigenvalue weighted by atomic mass is 16.2. The Hall–Kier alpha value is -1.88. The number of nitrogens with one attached hydrogen (secondary N) is 3. The fraction of sp³-hybridized carbons (Fsp3) is 0.556. The third-order valence-electron chi connectivity index (χ3n) is 3.50. The van der Waals surface area contributed by atoms with Gasteiger partial charge in [-0.2, -0.15) is 0 Å². The van der Waals surface area contributed by atoms with E-state index in [2.05, 4.69) is 22.9 Å². The van der Waals surface area contributed by atoms with E-state index in [4.69, 9.17) is 0 Å². The van der Waals surface area contributed by atoms with Crippen LogP contribution >= 0.6 is 0 Å². The third kappa shape index (κ3) is 7.79. The molecule has 3 N–H and O–H groups in total. The Kier molecular flexibility index (Phi) is 8.98. The van der Waals surface area contributed by atoms with E-state index < -0.39 is 6.04 Å². The molecule has 0 aliphatic heterocycles. The number of hydrogen-bond donors (Lipinski definition) is 3. The molecule has 5 nitrogen and oxygen atoms in total. The summed E-state index contributed by atoms with van der Waals surface area (Å²) < 4.78 is 0. The molecule has 2 amide bonds. The SMILES string of the molecule is CCCNCCNC(=O)C(NC(=O)Cc1ccccc1)C(C)C. The van der Waals surface area contributed by atoms with Crippen molar-refractivity contribution >= 4 is 11.8 Å². The lowest BCUT2D eigenvalue weighted by atomic mass is 10.0. The summed E-state index contributed by atoms with van der Waals surface area (Å²) in [5, 5.41) is 8.95. The number of rotatable bonds is 10. The van der Waals surface area contributed by atoms with Crippen molar-refractivity contribution in [2.75, 3.05) is 19.6 Å². The second-order valence-electron chi connectivity index (χ2n) is 5.99. The van der Waals surface area contributed by atoms with Gasteiger partial charge in [0.05, 0.1) is 6.42 Å². The first kappa shape index (κ1) is 19.2. The van der Waals surface area contributed by atoms with Crippen LogP contribution in [-0.2, 0) is 16.0 Å². The van der Waals surface area contributed by atoms with Gasteiger partial charge in [-0.25, -0.2) is 0 Å². The van der Waals surface area contributed by atoms with Crippen LogP contribution in [0.2, 0.25) is 0 Å². The lowest BCUT2D eigenvalue weighted by molar-refractivity contribution is -0.129. The lowest BCUT2D eigenvalue weighted by Crippen LogP contribution is -2.51. The molecule has 128 valence electrons. The van der Waals surface area contributed by atoms with Gasteiger partial charge >= 0.3 is 0 Å². The van der Waals surface area contributed by atoms with E-state index >= 15 is 0 Å². The Morgan fingerprint density at radius 2 is 1.74 bits per heavy atom. The van der Waals surface area contributed by atoms with Crippen LogP contribution in [0.4, 0.5) is 0 Å². The number of benzene rings is 1. The van der Waals surface area contributed by atoms with Crippen LogP contribution in [0, 0.1) is 5.92 Å². The second-order valence-corrected chi connectivity index (χ2v) is 5.99. The Bertz CT molecular complexity index is 474. The van der Waals surface area contributed by atoms with Crippen LogP contribution in [0.3, 0.4) is 0 Å². The molecule has 23 heavy (non-hydrogen) atoms. The van der Waals surface area contributed by atoms with Gasteiger partial charge in [0, 0.05) is 13.1 Å². The quantitative estimate of drug-likeness (QED) is 0.572. The van der Waals surface area contributed by atoms with Crippen molar-refractivity contribution in [3.8, 4) is 0 Å². The summed E-state index contributed by atoms with van der Waals surface area (Å²) in [4.78, 5) is 24.4. The minimum Gasteiger partial charge on any atom is -0.353 e. The summed E-state index contributed by atoms with van der Waals surface area (Å²) in [6.07, 6.45) is 1.35. The Labute approximate surface area is 139 Å². The maximum atomic E-state index is 12.3. The first-order valence-electron chi connectivity index (χ1n) is 8.36. The van der Waals surface area contributed by atoms with Crippen molar-refractivity contribution < 1.29 is 9.59 Å². The monoisotopic (exact) mass is 319 g/mol. The molecule has 0 heterocycles. The van der Waals surface area contributed by atoms with E-state index in [1.165, 1.54) is 0 Å². The van der Waals surface area contributed by atoms with Gasteiger partial charge in [-0.05, 0) is 24.4 Å². The van der Waals surface area contributed by atoms with Crippen molar-refractivity contribution in [3.05, 3.63) is 35.9 Å². The molecule has 1 aromatic rings. The average Bonchev–Trinajstić information content (AvgIpc) is 2.53. The maximum absolute atomic E-state index is 12.3. The van der Waals surface area contributed by atoms with Gasteiger partial charge in [0.15, 0.2) is 0 Å². The summed E-state index contributed by atoms with van der Waals surface area (Å²) in [5.74, 6) is -0.216. The number of hydrogen-bond acceptors (Lipinski definition) is 3. The molecule has 0 bridgehead atoms. The maximum Gasteiger partial charge on any atom is 0.242 e. The fourth-order valence-electron chi connectivity index (χ4n) is 2.23. The van der Waals surface area contributed by atoms with Crippen molar-refractivity contribution in [1.29, 1.82) is 0 Å². The lowest BCUT2D eigenvalue weighted by Gasteiger charge is -2.22.